The highest BCUT2D eigenvalue weighted by atomic mass is 79.9. The molecule has 0 bridgehead atoms. The van der Waals surface area contributed by atoms with Crippen molar-refractivity contribution in [2.24, 2.45) is 0 Å². The molecule has 0 heterocycles. The first-order valence-electron chi connectivity index (χ1n) is 7.38. The van der Waals surface area contributed by atoms with Gasteiger partial charge in [0.25, 0.3) is 0 Å². The zero-order chi connectivity index (χ0) is 15.0. The van der Waals surface area contributed by atoms with E-state index in [2.05, 4.69) is 65.2 Å². The van der Waals surface area contributed by atoms with Crippen LogP contribution >= 0.6 is 15.9 Å². The molecule has 1 aromatic rings. The number of nitrogens with zero attached hydrogens (tertiary/aromatic N) is 1. The normalized spacial score (nSPS) is 11.1. The van der Waals surface area contributed by atoms with Crippen molar-refractivity contribution in [2.75, 3.05) is 25.1 Å². The van der Waals surface area contributed by atoms with Crippen molar-refractivity contribution in [3.05, 3.63) is 28.2 Å². The van der Waals surface area contributed by atoms with Crippen LogP contribution < -0.4 is 10.2 Å². The molecular formula is C16H27BrN2O. The zero-order valence-electron chi connectivity index (χ0n) is 12.8. The fourth-order valence-corrected chi connectivity index (χ4v) is 2.78. The molecule has 0 amide bonds. The minimum Gasteiger partial charge on any atom is -0.396 e. The first-order valence-corrected chi connectivity index (χ1v) is 8.17. The van der Waals surface area contributed by atoms with Gasteiger partial charge in [0, 0.05) is 37.3 Å². The second-order valence-electron chi connectivity index (χ2n) is 5.53. The largest absolute Gasteiger partial charge is 0.396 e. The monoisotopic (exact) mass is 342 g/mol. The molecule has 0 atom stereocenters. The number of nitrogens with one attached hydrogen (secondary N) is 1. The number of aliphatic hydroxyl groups excluding tert-OH is 1. The van der Waals surface area contributed by atoms with Crippen molar-refractivity contribution in [1.82, 2.24) is 5.32 Å². The van der Waals surface area contributed by atoms with Crippen LogP contribution in [0.25, 0.3) is 0 Å². The van der Waals surface area contributed by atoms with Gasteiger partial charge in [-0.25, -0.2) is 0 Å². The van der Waals surface area contributed by atoms with Gasteiger partial charge >= 0.3 is 0 Å². The van der Waals surface area contributed by atoms with E-state index in [9.17, 15) is 0 Å². The third-order valence-corrected chi connectivity index (χ3v) is 3.92. The van der Waals surface area contributed by atoms with E-state index in [0.717, 1.165) is 36.8 Å². The molecule has 0 saturated carbocycles. The molecule has 1 rings (SSSR count). The van der Waals surface area contributed by atoms with E-state index in [1.54, 1.807) is 0 Å². The number of halogens is 1. The second kappa shape index (κ2) is 9.37. The minimum atomic E-state index is 0.297. The van der Waals surface area contributed by atoms with E-state index >= 15 is 0 Å². The number of unbranched alkanes of at least 4 members (excludes halogenated alkanes) is 2. The topological polar surface area (TPSA) is 35.5 Å². The van der Waals surface area contributed by atoms with E-state index in [4.69, 9.17) is 5.11 Å². The summed E-state index contributed by atoms with van der Waals surface area (Å²) in [4.78, 5) is 2.26. The Kier molecular flexibility index (Phi) is 8.19. The molecule has 0 aromatic heterocycles. The minimum absolute atomic E-state index is 0.297. The summed E-state index contributed by atoms with van der Waals surface area (Å²) in [6.45, 7) is 6.52. The SMILES string of the molecule is CC(C)NCc1ccc(N(C)CCCCCO)c(Br)c1. The van der Waals surface area contributed by atoms with Crippen LogP contribution in [-0.2, 0) is 6.54 Å². The predicted octanol–water partition coefficient (Wildman–Crippen LogP) is 3.55. The molecule has 0 unspecified atom stereocenters. The molecule has 0 spiro atoms. The number of benzene rings is 1. The van der Waals surface area contributed by atoms with Crippen molar-refractivity contribution in [2.45, 2.75) is 45.7 Å². The highest BCUT2D eigenvalue weighted by molar-refractivity contribution is 9.10. The molecule has 0 aliphatic rings. The van der Waals surface area contributed by atoms with E-state index in [1.165, 1.54) is 11.3 Å². The van der Waals surface area contributed by atoms with E-state index in [1.807, 2.05) is 0 Å². The molecule has 2 N–H and O–H groups in total. The second-order valence-corrected chi connectivity index (χ2v) is 6.38. The van der Waals surface area contributed by atoms with Crippen LogP contribution in [0, 0.1) is 0 Å². The third-order valence-electron chi connectivity index (χ3n) is 3.29. The van der Waals surface area contributed by atoms with Gasteiger partial charge in [-0.15, -0.1) is 0 Å². The van der Waals surface area contributed by atoms with Gasteiger partial charge in [-0.2, -0.15) is 0 Å². The van der Waals surface area contributed by atoms with Crippen LogP contribution in [0.5, 0.6) is 0 Å². The average molecular weight is 343 g/mol. The summed E-state index contributed by atoms with van der Waals surface area (Å²) in [5.41, 5.74) is 2.52. The maximum atomic E-state index is 8.79. The van der Waals surface area contributed by atoms with Crippen LogP contribution in [0.2, 0.25) is 0 Å². The molecule has 20 heavy (non-hydrogen) atoms. The maximum Gasteiger partial charge on any atom is 0.0508 e. The number of hydrogen-bond acceptors (Lipinski definition) is 3. The number of hydrogen-bond donors (Lipinski definition) is 2. The standard InChI is InChI=1S/C16H27BrN2O/c1-13(2)18-12-14-7-8-16(15(17)11-14)19(3)9-5-4-6-10-20/h7-8,11,13,18,20H,4-6,9-10,12H2,1-3H3. The quantitative estimate of drug-likeness (QED) is 0.673. The van der Waals surface area contributed by atoms with E-state index in [-0.39, 0.29) is 0 Å². The van der Waals surface area contributed by atoms with Gasteiger partial charge in [0.15, 0.2) is 0 Å². The van der Waals surface area contributed by atoms with Crippen LogP contribution in [0.1, 0.15) is 38.7 Å². The Morgan fingerprint density at radius 2 is 2.00 bits per heavy atom. The highest BCUT2D eigenvalue weighted by Crippen LogP contribution is 2.27. The lowest BCUT2D eigenvalue weighted by atomic mass is 10.1. The summed E-state index contributed by atoms with van der Waals surface area (Å²) in [5.74, 6) is 0. The molecule has 0 fully saturated rings. The van der Waals surface area contributed by atoms with Crippen molar-refractivity contribution in [3.63, 3.8) is 0 Å². The van der Waals surface area contributed by atoms with Crippen molar-refractivity contribution in [3.8, 4) is 0 Å². The number of aliphatic hydroxyl groups is 1. The Balaban J connectivity index is 2.53. The van der Waals surface area contributed by atoms with Gasteiger partial charge in [0.05, 0.1) is 5.69 Å². The molecular weight excluding hydrogens is 316 g/mol. The summed E-state index contributed by atoms with van der Waals surface area (Å²) >= 11 is 3.67. The predicted molar refractivity (Wildman–Crippen MR) is 90.3 cm³/mol. The van der Waals surface area contributed by atoms with Crippen LogP contribution in [0.3, 0.4) is 0 Å². The Hall–Kier alpha value is -0.580. The zero-order valence-corrected chi connectivity index (χ0v) is 14.4. The first-order chi connectivity index (χ1) is 9.54. The molecule has 4 heteroatoms. The van der Waals surface area contributed by atoms with Crippen molar-refractivity contribution >= 4 is 21.6 Å². The van der Waals surface area contributed by atoms with Gasteiger partial charge < -0.3 is 15.3 Å². The number of anilines is 1. The third kappa shape index (κ3) is 6.25. The Morgan fingerprint density at radius 3 is 2.60 bits per heavy atom. The Labute approximate surface area is 131 Å². The van der Waals surface area contributed by atoms with Gasteiger partial charge in [0.2, 0.25) is 0 Å². The highest BCUT2D eigenvalue weighted by Gasteiger charge is 2.06. The average Bonchev–Trinajstić information content (AvgIpc) is 2.41. The molecule has 1 aromatic carbocycles. The maximum absolute atomic E-state index is 8.79. The van der Waals surface area contributed by atoms with Crippen LogP contribution in [0.4, 0.5) is 5.69 Å². The summed E-state index contributed by atoms with van der Waals surface area (Å²) < 4.78 is 1.14. The van der Waals surface area contributed by atoms with Crippen molar-refractivity contribution in [1.29, 1.82) is 0 Å². The first kappa shape index (κ1) is 17.5. The van der Waals surface area contributed by atoms with E-state index < -0.39 is 0 Å². The Morgan fingerprint density at radius 1 is 1.25 bits per heavy atom. The number of rotatable bonds is 9. The summed E-state index contributed by atoms with van der Waals surface area (Å²) in [5, 5.41) is 12.2. The lowest BCUT2D eigenvalue weighted by molar-refractivity contribution is 0.283. The summed E-state index contributed by atoms with van der Waals surface area (Å²) in [6, 6.07) is 7.05. The lowest BCUT2D eigenvalue weighted by Gasteiger charge is -2.21. The molecule has 114 valence electrons. The van der Waals surface area contributed by atoms with Crippen LogP contribution in [0.15, 0.2) is 22.7 Å². The molecule has 0 aliphatic carbocycles. The smallest absolute Gasteiger partial charge is 0.0508 e. The van der Waals surface area contributed by atoms with Gasteiger partial charge in [0.1, 0.15) is 0 Å². The lowest BCUT2D eigenvalue weighted by Crippen LogP contribution is -2.22. The van der Waals surface area contributed by atoms with Gasteiger partial charge in [-0.1, -0.05) is 19.9 Å². The van der Waals surface area contributed by atoms with Crippen LogP contribution in [-0.4, -0.2) is 31.3 Å². The fourth-order valence-electron chi connectivity index (χ4n) is 2.05. The molecule has 0 radical (unpaired) electrons. The molecule has 0 saturated heterocycles. The van der Waals surface area contributed by atoms with Gasteiger partial charge in [-0.3, -0.25) is 0 Å². The Bertz CT molecular complexity index is 396. The fraction of sp³-hybridized carbons (Fsp3) is 0.625. The van der Waals surface area contributed by atoms with Crippen molar-refractivity contribution < 1.29 is 5.11 Å². The molecule has 0 aliphatic heterocycles. The van der Waals surface area contributed by atoms with Gasteiger partial charge in [-0.05, 0) is 52.9 Å². The van der Waals surface area contributed by atoms with E-state index in [0.29, 0.717) is 12.6 Å². The summed E-state index contributed by atoms with van der Waals surface area (Å²) in [7, 11) is 2.12. The summed E-state index contributed by atoms with van der Waals surface area (Å²) in [6.07, 6.45) is 3.09. The molecule has 3 nitrogen and oxygen atoms in total.